The second-order valence-corrected chi connectivity index (χ2v) is 7.98. The van der Waals surface area contributed by atoms with Gasteiger partial charge in [0.15, 0.2) is 0 Å². The van der Waals surface area contributed by atoms with Gasteiger partial charge in [-0.2, -0.15) is 0 Å². The Morgan fingerprint density at radius 3 is 2.50 bits per heavy atom. The fourth-order valence-corrected chi connectivity index (χ4v) is 4.42. The van der Waals surface area contributed by atoms with Crippen LogP contribution in [-0.2, 0) is 6.42 Å². The molecule has 152 valence electrons. The second kappa shape index (κ2) is 8.19. The van der Waals surface area contributed by atoms with Gasteiger partial charge < -0.3 is 15.1 Å². The summed E-state index contributed by atoms with van der Waals surface area (Å²) >= 11 is 0. The van der Waals surface area contributed by atoms with Crippen molar-refractivity contribution in [2.24, 2.45) is 0 Å². The Bertz CT molecular complexity index is 1040. The van der Waals surface area contributed by atoms with Gasteiger partial charge in [-0.3, -0.25) is 9.78 Å². The number of amides is 1. The number of fused-ring (bicyclic) bond motifs is 1. The minimum Gasteiger partial charge on any atom is -0.372 e. The van der Waals surface area contributed by atoms with E-state index in [2.05, 4.69) is 56.5 Å². The average molecular weight is 399 g/mol. The predicted molar refractivity (Wildman–Crippen MR) is 122 cm³/mol. The molecule has 0 unspecified atom stereocenters. The number of aromatic nitrogens is 1. The maximum absolute atomic E-state index is 12.8. The van der Waals surface area contributed by atoms with E-state index < -0.39 is 0 Å². The average Bonchev–Trinajstić information content (AvgIpc) is 3.24. The number of nitrogens with zero attached hydrogens (tertiary/aromatic N) is 3. The van der Waals surface area contributed by atoms with Crippen molar-refractivity contribution in [3.05, 3.63) is 78.1 Å². The van der Waals surface area contributed by atoms with E-state index in [-0.39, 0.29) is 5.91 Å². The molecule has 1 aromatic heterocycles. The van der Waals surface area contributed by atoms with Crippen LogP contribution < -0.4 is 15.1 Å². The molecule has 1 fully saturated rings. The number of nitrogens with one attached hydrogen (secondary N) is 1. The lowest BCUT2D eigenvalue weighted by Crippen LogP contribution is -2.29. The third-order valence-electron chi connectivity index (χ3n) is 6.02. The SMILES string of the molecule is O=C(Nc1ccc(N2CCCCC2)cc1)c1cc(N2CCc3ccccc32)ccn1. The molecule has 0 atom stereocenters. The van der Waals surface area contributed by atoms with E-state index >= 15 is 0 Å². The Labute approximate surface area is 177 Å². The molecule has 1 amide bonds. The summed E-state index contributed by atoms with van der Waals surface area (Å²) in [4.78, 5) is 21.8. The summed E-state index contributed by atoms with van der Waals surface area (Å²) in [5.41, 5.74) is 6.00. The van der Waals surface area contributed by atoms with E-state index in [9.17, 15) is 4.79 Å². The van der Waals surface area contributed by atoms with Crippen LogP contribution in [-0.4, -0.2) is 30.5 Å². The smallest absolute Gasteiger partial charge is 0.274 e. The van der Waals surface area contributed by atoms with Gasteiger partial charge in [-0.1, -0.05) is 18.2 Å². The first kappa shape index (κ1) is 18.7. The molecule has 5 heteroatoms. The van der Waals surface area contributed by atoms with Crippen LogP contribution in [0, 0.1) is 0 Å². The van der Waals surface area contributed by atoms with Gasteiger partial charge in [0.05, 0.1) is 0 Å². The van der Waals surface area contributed by atoms with E-state index in [1.54, 1.807) is 6.20 Å². The molecule has 1 N–H and O–H groups in total. The van der Waals surface area contributed by atoms with E-state index in [4.69, 9.17) is 0 Å². The molecular weight excluding hydrogens is 372 g/mol. The van der Waals surface area contributed by atoms with Crippen LogP contribution in [0.4, 0.5) is 22.7 Å². The highest BCUT2D eigenvalue weighted by atomic mass is 16.1. The van der Waals surface area contributed by atoms with Crippen molar-refractivity contribution in [1.29, 1.82) is 0 Å². The van der Waals surface area contributed by atoms with Gasteiger partial charge in [0, 0.05) is 48.6 Å². The standard InChI is InChI=1S/C25H26N4O/c30-25(27-20-8-10-21(11-9-20)28-15-4-1-5-16-28)23-18-22(12-14-26-23)29-17-13-19-6-2-3-7-24(19)29/h2-3,6-12,14,18H,1,4-5,13,15-17H2,(H,27,30). The summed E-state index contributed by atoms with van der Waals surface area (Å²) in [6, 6.07) is 20.4. The summed E-state index contributed by atoms with van der Waals surface area (Å²) in [5.74, 6) is -0.185. The van der Waals surface area contributed by atoms with Gasteiger partial charge in [-0.05, 0) is 73.7 Å². The molecule has 0 saturated carbocycles. The second-order valence-electron chi connectivity index (χ2n) is 7.98. The molecule has 5 nitrogen and oxygen atoms in total. The summed E-state index contributed by atoms with van der Waals surface area (Å²) in [7, 11) is 0. The number of benzene rings is 2. The Kier molecular flexibility index (Phi) is 5.10. The quantitative estimate of drug-likeness (QED) is 0.670. The first-order valence-electron chi connectivity index (χ1n) is 10.8. The zero-order valence-electron chi connectivity index (χ0n) is 17.1. The molecule has 0 radical (unpaired) electrons. The molecule has 30 heavy (non-hydrogen) atoms. The van der Waals surface area contributed by atoms with Crippen molar-refractivity contribution in [2.45, 2.75) is 25.7 Å². The van der Waals surface area contributed by atoms with Crippen molar-refractivity contribution < 1.29 is 4.79 Å². The van der Waals surface area contributed by atoms with Gasteiger partial charge in [0.1, 0.15) is 5.69 Å². The van der Waals surface area contributed by atoms with E-state index in [1.807, 2.05) is 24.3 Å². The normalized spacial score (nSPS) is 15.7. The molecule has 0 spiro atoms. The number of pyridine rings is 1. The van der Waals surface area contributed by atoms with Gasteiger partial charge in [-0.15, -0.1) is 0 Å². The molecule has 0 aliphatic carbocycles. The fraction of sp³-hybridized carbons (Fsp3) is 0.280. The van der Waals surface area contributed by atoms with Gasteiger partial charge in [-0.25, -0.2) is 0 Å². The summed E-state index contributed by atoms with van der Waals surface area (Å²) < 4.78 is 0. The van der Waals surface area contributed by atoms with Gasteiger partial charge >= 0.3 is 0 Å². The van der Waals surface area contributed by atoms with Crippen molar-refractivity contribution in [3.63, 3.8) is 0 Å². The number of rotatable bonds is 4. The number of carbonyl (C=O) groups excluding carboxylic acids is 1. The third kappa shape index (κ3) is 3.75. The number of para-hydroxylation sites is 1. The lowest BCUT2D eigenvalue weighted by Gasteiger charge is -2.28. The van der Waals surface area contributed by atoms with Crippen LogP contribution in [0.15, 0.2) is 66.9 Å². The largest absolute Gasteiger partial charge is 0.372 e. The van der Waals surface area contributed by atoms with Crippen molar-refractivity contribution in [2.75, 3.05) is 34.8 Å². The molecule has 0 bridgehead atoms. The molecular formula is C25H26N4O. The van der Waals surface area contributed by atoms with Crippen LogP contribution in [0.1, 0.15) is 35.3 Å². The topological polar surface area (TPSA) is 48.5 Å². The van der Waals surface area contributed by atoms with E-state index in [0.29, 0.717) is 5.69 Å². The monoisotopic (exact) mass is 398 g/mol. The molecule has 3 heterocycles. The maximum atomic E-state index is 12.8. The molecule has 2 aromatic carbocycles. The minimum absolute atomic E-state index is 0.185. The summed E-state index contributed by atoms with van der Waals surface area (Å²) in [6.07, 6.45) is 6.55. The van der Waals surface area contributed by atoms with Crippen LogP contribution in [0.2, 0.25) is 0 Å². The van der Waals surface area contributed by atoms with E-state index in [1.165, 1.54) is 36.2 Å². The Morgan fingerprint density at radius 2 is 1.67 bits per heavy atom. The highest BCUT2D eigenvalue weighted by Crippen LogP contribution is 2.34. The summed E-state index contributed by atoms with van der Waals surface area (Å²) in [6.45, 7) is 3.15. The van der Waals surface area contributed by atoms with Crippen molar-refractivity contribution >= 4 is 28.7 Å². The molecule has 2 aliphatic rings. The fourth-order valence-electron chi connectivity index (χ4n) is 4.42. The summed E-state index contributed by atoms with van der Waals surface area (Å²) in [5, 5.41) is 2.99. The van der Waals surface area contributed by atoms with Crippen molar-refractivity contribution in [1.82, 2.24) is 4.98 Å². The van der Waals surface area contributed by atoms with Crippen molar-refractivity contribution in [3.8, 4) is 0 Å². The highest BCUT2D eigenvalue weighted by molar-refractivity contribution is 6.03. The Balaban J connectivity index is 1.29. The minimum atomic E-state index is -0.185. The lowest BCUT2D eigenvalue weighted by atomic mass is 10.1. The first-order valence-corrected chi connectivity index (χ1v) is 10.8. The number of anilines is 4. The highest BCUT2D eigenvalue weighted by Gasteiger charge is 2.21. The predicted octanol–water partition coefficient (Wildman–Crippen LogP) is 5.02. The molecule has 5 rings (SSSR count). The Morgan fingerprint density at radius 1 is 0.867 bits per heavy atom. The van der Waals surface area contributed by atoms with E-state index in [0.717, 1.165) is 37.4 Å². The molecule has 1 saturated heterocycles. The Hall–Kier alpha value is -3.34. The lowest BCUT2D eigenvalue weighted by molar-refractivity contribution is 0.102. The number of piperidine rings is 1. The number of carbonyl (C=O) groups is 1. The number of hydrogen-bond acceptors (Lipinski definition) is 4. The third-order valence-corrected chi connectivity index (χ3v) is 6.02. The van der Waals surface area contributed by atoms with Crippen LogP contribution in [0.25, 0.3) is 0 Å². The zero-order valence-corrected chi connectivity index (χ0v) is 17.1. The molecule has 3 aromatic rings. The number of hydrogen-bond donors (Lipinski definition) is 1. The van der Waals surface area contributed by atoms with Gasteiger partial charge in [0.2, 0.25) is 0 Å². The van der Waals surface area contributed by atoms with Crippen LogP contribution >= 0.6 is 0 Å². The van der Waals surface area contributed by atoms with Crippen LogP contribution in [0.3, 0.4) is 0 Å². The maximum Gasteiger partial charge on any atom is 0.274 e. The zero-order chi connectivity index (χ0) is 20.3. The molecule has 2 aliphatic heterocycles. The van der Waals surface area contributed by atoms with Crippen LogP contribution in [0.5, 0.6) is 0 Å². The van der Waals surface area contributed by atoms with Gasteiger partial charge in [0.25, 0.3) is 5.91 Å². The first-order chi connectivity index (χ1) is 14.8.